The molecule has 2 atom stereocenters. The second-order valence-corrected chi connectivity index (χ2v) is 4.67. The number of hydrogen-bond donors (Lipinski definition) is 0. The van der Waals surface area contributed by atoms with E-state index in [4.69, 9.17) is 0 Å². The zero-order valence-electron chi connectivity index (χ0n) is 7.98. The molecule has 0 N–H and O–H groups in total. The molecule has 2 heteroatoms. The molecule has 1 nitrogen and oxygen atoms in total. The average molecular weight is 152 g/mol. The van der Waals surface area contributed by atoms with Gasteiger partial charge >= 0.3 is 0 Å². The van der Waals surface area contributed by atoms with Crippen molar-refractivity contribution in [2.75, 3.05) is 0 Å². The molecular weight excluding hydrogens is 135 g/mol. The molecule has 11 heavy (non-hydrogen) atoms. The first-order valence-corrected chi connectivity index (χ1v) is 4.46. The van der Waals surface area contributed by atoms with Crippen LogP contribution in [0.1, 0.15) is 33.6 Å². The predicted octanol–water partition coefficient (Wildman–Crippen LogP) is 1.43. The molecule has 1 aliphatic rings. The maximum absolute atomic E-state index is 11.3. The lowest BCUT2D eigenvalue weighted by Gasteiger charge is -2.38. The smallest absolute Gasteiger partial charge is 0.128 e. The highest BCUT2D eigenvalue weighted by atomic mass is 16.1. The van der Waals surface area contributed by atoms with Gasteiger partial charge in [0.15, 0.2) is 0 Å². The van der Waals surface area contributed by atoms with Gasteiger partial charge in [0.05, 0.1) is 0 Å². The molecule has 1 fully saturated rings. The average Bonchev–Trinajstić information content (AvgIpc) is 1.83. The summed E-state index contributed by atoms with van der Waals surface area (Å²) in [5, 5.41) is 0. The summed E-state index contributed by atoms with van der Waals surface area (Å²) in [7, 11) is 2.05. The minimum Gasteiger partial charge on any atom is -0.300 e. The van der Waals surface area contributed by atoms with E-state index in [1.165, 1.54) is 0 Å². The van der Waals surface area contributed by atoms with Crippen molar-refractivity contribution in [2.45, 2.75) is 39.4 Å². The molecule has 0 saturated heterocycles. The van der Waals surface area contributed by atoms with Crippen LogP contribution in [0.4, 0.5) is 0 Å². The molecule has 62 valence electrons. The van der Waals surface area contributed by atoms with Crippen molar-refractivity contribution >= 4 is 13.6 Å². The van der Waals surface area contributed by atoms with Crippen molar-refractivity contribution in [3.63, 3.8) is 0 Å². The zero-order chi connectivity index (χ0) is 8.65. The van der Waals surface area contributed by atoms with Gasteiger partial charge in [-0.05, 0) is 23.6 Å². The first kappa shape index (κ1) is 8.83. The van der Waals surface area contributed by atoms with Gasteiger partial charge in [-0.1, -0.05) is 20.8 Å². The maximum atomic E-state index is 11.3. The lowest BCUT2D eigenvalue weighted by Crippen LogP contribution is -2.33. The summed E-state index contributed by atoms with van der Waals surface area (Å²) in [6.07, 6.45) is 1.85. The van der Waals surface area contributed by atoms with Crippen molar-refractivity contribution in [2.24, 2.45) is 11.3 Å². The summed E-state index contributed by atoms with van der Waals surface area (Å²) in [6, 6.07) is 0. The second-order valence-electron chi connectivity index (χ2n) is 4.67. The quantitative estimate of drug-likeness (QED) is 0.480. The Kier molecular flexibility index (Phi) is 2.13. The van der Waals surface area contributed by atoms with Gasteiger partial charge in [0, 0.05) is 6.42 Å². The largest absolute Gasteiger partial charge is 0.300 e. The fraction of sp³-hybridized carbons (Fsp3) is 0.889. The van der Waals surface area contributed by atoms with E-state index in [1.807, 2.05) is 0 Å². The number of Topliss-reactive ketones (excluding diaryl/α,β-unsaturated/α-hetero) is 1. The minimum atomic E-state index is 0.293. The molecule has 1 aliphatic carbocycles. The molecule has 0 radical (unpaired) electrons. The first-order valence-electron chi connectivity index (χ1n) is 4.46. The fourth-order valence-corrected chi connectivity index (χ4v) is 1.88. The van der Waals surface area contributed by atoms with Crippen molar-refractivity contribution in [3.8, 4) is 0 Å². The monoisotopic (exact) mass is 152 g/mol. The maximum Gasteiger partial charge on any atom is 0.128 e. The van der Waals surface area contributed by atoms with Crippen LogP contribution in [0.25, 0.3) is 0 Å². The Morgan fingerprint density at radius 3 is 2.55 bits per heavy atom. The Hall–Kier alpha value is -0.265. The van der Waals surface area contributed by atoms with E-state index in [2.05, 4.69) is 28.6 Å². The fourth-order valence-electron chi connectivity index (χ4n) is 1.88. The number of rotatable bonds is 0. The number of carbonyl (C=O) groups excluding carboxylic acids is 1. The summed E-state index contributed by atoms with van der Waals surface area (Å²) in [4.78, 5) is 11.3. The van der Waals surface area contributed by atoms with Gasteiger partial charge in [0.25, 0.3) is 0 Å². The van der Waals surface area contributed by atoms with Crippen molar-refractivity contribution in [1.29, 1.82) is 0 Å². The molecule has 0 bridgehead atoms. The summed E-state index contributed by atoms with van der Waals surface area (Å²) in [6.45, 7) is 6.71. The summed E-state index contributed by atoms with van der Waals surface area (Å²) >= 11 is 0. The highest BCUT2D eigenvalue weighted by Crippen LogP contribution is 2.42. The van der Waals surface area contributed by atoms with Gasteiger partial charge in [-0.2, -0.15) is 0 Å². The van der Waals surface area contributed by atoms with E-state index < -0.39 is 0 Å². The lowest BCUT2D eigenvalue weighted by atomic mass is 9.60. The number of ketones is 1. The molecule has 0 aromatic rings. The van der Waals surface area contributed by atoms with Gasteiger partial charge in [-0.25, -0.2) is 0 Å². The zero-order valence-corrected chi connectivity index (χ0v) is 7.98. The van der Waals surface area contributed by atoms with Crippen LogP contribution in [0.5, 0.6) is 0 Å². The van der Waals surface area contributed by atoms with Gasteiger partial charge in [-0.3, -0.25) is 0 Å². The van der Waals surface area contributed by atoms with Crippen LogP contribution in [-0.4, -0.2) is 13.6 Å². The van der Waals surface area contributed by atoms with Crippen LogP contribution in [-0.2, 0) is 4.79 Å². The number of carbonyl (C=O) groups is 1. The lowest BCUT2D eigenvalue weighted by molar-refractivity contribution is -0.123. The van der Waals surface area contributed by atoms with Crippen molar-refractivity contribution < 1.29 is 4.79 Å². The van der Waals surface area contributed by atoms with E-state index in [0.717, 1.165) is 12.8 Å². The third-order valence-corrected chi connectivity index (χ3v) is 3.22. The van der Waals surface area contributed by atoms with Crippen LogP contribution in [0.3, 0.4) is 0 Å². The summed E-state index contributed by atoms with van der Waals surface area (Å²) in [5.41, 5.74) is 0.368. The predicted molar refractivity (Wildman–Crippen MR) is 49.5 cm³/mol. The standard InChI is InChI=1S/C9H17BO/c1-6-4-8(11)7(10)5-9(6,2)3/h6-7H,4-5,10H2,1-3H3/t6?,7-/m1/s1. The van der Waals surface area contributed by atoms with E-state index in [9.17, 15) is 4.79 Å². The van der Waals surface area contributed by atoms with Crippen molar-refractivity contribution in [3.05, 3.63) is 0 Å². The molecule has 0 aromatic heterocycles. The van der Waals surface area contributed by atoms with Crippen LogP contribution in [0.15, 0.2) is 0 Å². The third kappa shape index (κ3) is 1.66. The van der Waals surface area contributed by atoms with Crippen LogP contribution >= 0.6 is 0 Å². The van der Waals surface area contributed by atoms with E-state index >= 15 is 0 Å². The Labute approximate surface area is 70.0 Å². The van der Waals surface area contributed by atoms with Crippen LogP contribution in [0, 0.1) is 11.3 Å². The van der Waals surface area contributed by atoms with Crippen LogP contribution in [0.2, 0.25) is 5.82 Å². The second kappa shape index (κ2) is 2.65. The summed E-state index contributed by atoms with van der Waals surface area (Å²) in [5.74, 6) is 1.31. The molecule has 0 heterocycles. The Balaban J connectivity index is 2.70. The molecule has 1 rings (SSSR count). The molecular formula is C9H17BO. The molecule has 0 amide bonds. The van der Waals surface area contributed by atoms with Gasteiger partial charge in [0.1, 0.15) is 13.6 Å². The molecule has 0 spiro atoms. The van der Waals surface area contributed by atoms with E-state index in [-0.39, 0.29) is 0 Å². The van der Waals surface area contributed by atoms with Gasteiger partial charge < -0.3 is 4.79 Å². The van der Waals surface area contributed by atoms with Gasteiger partial charge in [-0.15, -0.1) is 0 Å². The molecule has 1 unspecified atom stereocenters. The van der Waals surface area contributed by atoms with Gasteiger partial charge in [0.2, 0.25) is 0 Å². The molecule has 0 aliphatic heterocycles. The minimum absolute atomic E-state index is 0.293. The Morgan fingerprint density at radius 2 is 2.09 bits per heavy atom. The Bertz CT molecular complexity index is 174. The van der Waals surface area contributed by atoms with Crippen molar-refractivity contribution in [1.82, 2.24) is 0 Å². The molecule has 0 aromatic carbocycles. The van der Waals surface area contributed by atoms with E-state index in [1.54, 1.807) is 0 Å². The Morgan fingerprint density at radius 1 is 1.55 bits per heavy atom. The normalized spacial score (nSPS) is 37.2. The van der Waals surface area contributed by atoms with E-state index in [0.29, 0.717) is 22.9 Å². The van der Waals surface area contributed by atoms with Crippen LogP contribution < -0.4 is 0 Å². The highest BCUT2D eigenvalue weighted by Gasteiger charge is 2.36. The SMILES string of the molecule is B[C@@H]1CC(C)(C)C(C)CC1=O. The third-order valence-electron chi connectivity index (χ3n) is 3.22. The molecule has 1 saturated carbocycles. The first-order chi connectivity index (χ1) is 4.93. The summed E-state index contributed by atoms with van der Waals surface area (Å²) < 4.78 is 0. The topological polar surface area (TPSA) is 17.1 Å². The highest BCUT2D eigenvalue weighted by molar-refractivity contribution is 6.24. The number of hydrogen-bond acceptors (Lipinski definition) is 1.